The first-order chi connectivity index (χ1) is 16.9. The standard InChI is InChI=1S/C23H19Cl3N8O/c1-3-33-13(2)14(10-28-33)20-7-8-27-21-9-19(30-34(20)21)23(35)29-22-18(26)12-32(31-22)11-15-16(24)5-4-6-17(15)25/h4-10,12H,3,11H2,1-2H3,(H,29,31,35). The average molecular weight is 530 g/mol. The number of rotatable bonds is 6. The van der Waals surface area contributed by atoms with Gasteiger partial charge in [-0.15, -0.1) is 0 Å². The first kappa shape index (κ1) is 23.3. The molecule has 178 valence electrons. The number of amides is 1. The van der Waals surface area contributed by atoms with Crippen LogP contribution in [-0.4, -0.2) is 40.1 Å². The Hall–Kier alpha value is -3.40. The molecular weight excluding hydrogens is 511 g/mol. The van der Waals surface area contributed by atoms with E-state index in [9.17, 15) is 4.79 Å². The van der Waals surface area contributed by atoms with Crippen LogP contribution in [0.2, 0.25) is 15.1 Å². The highest BCUT2D eigenvalue weighted by atomic mass is 35.5. The van der Waals surface area contributed by atoms with Gasteiger partial charge in [0, 0.05) is 51.9 Å². The number of nitrogens with zero attached hydrogens (tertiary/aromatic N) is 7. The predicted molar refractivity (Wildman–Crippen MR) is 135 cm³/mol. The van der Waals surface area contributed by atoms with Crippen molar-refractivity contribution >= 4 is 52.2 Å². The van der Waals surface area contributed by atoms with Gasteiger partial charge in [0.2, 0.25) is 0 Å². The van der Waals surface area contributed by atoms with E-state index >= 15 is 0 Å². The molecule has 0 spiro atoms. The summed E-state index contributed by atoms with van der Waals surface area (Å²) in [6.45, 7) is 5.06. The Morgan fingerprint density at radius 1 is 1.09 bits per heavy atom. The van der Waals surface area contributed by atoms with Gasteiger partial charge in [-0.25, -0.2) is 9.50 Å². The van der Waals surface area contributed by atoms with Crippen LogP contribution in [0.4, 0.5) is 5.82 Å². The number of halogens is 3. The van der Waals surface area contributed by atoms with Crippen LogP contribution in [0.5, 0.6) is 0 Å². The Morgan fingerprint density at radius 3 is 2.57 bits per heavy atom. The molecule has 0 radical (unpaired) electrons. The zero-order valence-corrected chi connectivity index (χ0v) is 21.0. The van der Waals surface area contributed by atoms with Crippen LogP contribution < -0.4 is 5.32 Å². The molecule has 0 bridgehead atoms. The van der Waals surface area contributed by atoms with E-state index in [1.54, 1.807) is 52.1 Å². The Balaban J connectivity index is 1.41. The Bertz CT molecular complexity index is 1550. The summed E-state index contributed by atoms with van der Waals surface area (Å²) in [6, 6.07) is 8.70. The summed E-state index contributed by atoms with van der Waals surface area (Å²) in [6.07, 6.45) is 5.05. The third-order valence-corrected chi connectivity index (χ3v) is 6.58. The zero-order chi connectivity index (χ0) is 24.7. The Kier molecular flexibility index (Phi) is 6.22. The highest BCUT2D eigenvalue weighted by Gasteiger charge is 2.19. The molecule has 5 aromatic rings. The number of benzene rings is 1. The van der Waals surface area contributed by atoms with Gasteiger partial charge in [-0.1, -0.05) is 40.9 Å². The molecule has 1 amide bonds. The topological polar surface area (TPSA) is 94.9 Å². The van der Waals surface area contributed by atoms with Crippen LogP contribution in [0, 0.1) is 6.92 Å². The van der Waals surface area contributed by atoms with Gasteiger partial charge in [-0.3, -0.25) is 14.2 Å². The molecular formula is C23H19Cl3N8O. The fraction of sp³-hybridized carbons (Fsp3) is 0.174. The molecule has 4 heterocycles. The van der Waals surface area contributed by atoms with Crippen molar-refractivity contribution in [3.63, 3.8) is 0 Å². The second kappa shape index (κ2) is 9.33. The van der Waals surface area contributed by atoms with Gasteiger partial charge in [0.25, 0.3) is 5.91 Å². The summed E-state index contributed by atoms with van der Waals surface area (Å²) in [7, 11) is 0. The smallest absolute Gasteiger partial charge is 0.277 e. The molecule has 0 saturated carbocycles. The van der Waals surface area contributed by atoms with E-state index in [-0.39, 0.29) is 16.5 Å². The van der Waals surface area contributed by atoms with Crippen molar-refractivity contribution in [1.82, 2.24) is 34.2 Å². The van der Waals surface area contributed by atoms with E-state index in [0.717, 1.165) is 23.5 Å². The Labute approximate surface area is 215 Å². The van der Waals surface area contributed by atoms with Crippen LogP contribution in [0.15, 0.2) is 48.9 Å². The predicted octanol–water partition coefficient (Wildman–Crippen LogP) is 5.38. The van der Waals surface area contributed by atoms with Crippen molar-refractivity contribution < 1.29 is 4.79 Å². The molecule has 4 aromatic heterocycles. The highest BCUT2D eigenvalue weighted by molar-refractivity contribution is 6.36. The lowest BCUT2D eigenvalue weighted by Crippen LogP contribution is -2.14. The number of hydrogen-bond donors (Lipinski definition) is 1. The number of anilines is 1. The molecule has 1 N–H and O–H groups in total. The van der Waals surface area contributed by atoms with Crippen molar-refractivity contribution in [3.8, 4) is 11.3 Å². The molecule has 0 aliphatic heterocycles. The summed E-state index contributed by atoms with van der Waals surface area (Å²) >= 11 is 18.8. The molecule has 12 heteroatoms. The van der Waals surface area contributed by atoms with Crippen molar-refractivity contribution in [2.24, 2.45) is 0 Å². The van der Waals surface area contributed by atoms with E-state index in [0.29, 0.717) is 27.8 Å². The van der Waals surface area contributed by atoms with Crippen molar-refractivity contribution in [3.05, 3.63) is 80.9 Å². The van der Waals surface area contributed by atoms with Gasteiger partial charge in [-0.2, -0.15) is 15.3 Å². The normalized spacial score (nSPS) is 11.3. The van der Waals surface area contributed by atoms with Gasteiger partial charge in [0.1, 0.15) is 5.02 Å². The summed E-state index contributed by atoms with van der Waals surface area (Å²) in [5.74, 6) is -0.268. The second-order valence-corrected chi connectivity index (χ2v) is 8.99. The van der Waals surface area contributed by atoms with Crippen molar-refractivity contribution in [1.29, 1.82) is 0 Å². The zero-order valence-electron chi connectivity index (χ0n) is 18.7. The molecule has 0 aliphatic rings. The van der Waals surface area contributed by atoms with Crippen molar-refractivity contribution in [2.75, 3.05) is 5.32 Å². The lowest BCUT2D eigenvalue weighted by atomic mass is 10.2. The maximum absolute atomic E-state index is 13.0. The van der Waals surface area contributed by atoms with Crippen molar-refractivity contribution in [2.45, 2.75) is 26.9 Å². The van der Waals surface area contributed by atoms with E-state index < -0.39 is 5.91 Å². The molecule has 0 saturated heterocycles. The number of nitrogens with one attached hydrogen (secondary N) is 1. The highest BCUT2D eigenvalue weighted by Crippen LogP contribution is 2.27. The molecule has 9 nitrogen and oxygen atoms in total. The lowest BCUT2D eigenvalue weighted by molar-refractivity contribution is 0.102. The minimum atomic E-state index is -0.467. The number of carbonyl (C=O) groups excluding carboxylic acids is 1. The van der Waals surface area contributed by atoms with E-state index in [4.69, 9.17) is 34.8 Å². The molecule has 1 aromatic carbocycles. The monoisotopic (exact) mass is 528 g/mol. The molecule has 5 rings (SSSR count). The average Bonchev–Trinajstić information content (AvgIpc) is 3.53. The third-order valence-electron chi connectivity index (χ3n) is 5.60. The third kappa shape index (κ3) is 4.38. The first-order valence-electron chi connectivity index (χ1n) is 10.7. The SMILES string of the molecule is CCn1ncc(-c2ccnc3cc(C(=O)Nc4nn(Cc5c(Cl)cccc5Cl)cc4Cl)nn23)c1C. The minimum Gasteiger partial charge on any atom is -0.302 e. The fourth-order valence-corrected chi connectivity index (χ4v) is 4.52. The van der Waals surface area contributed by atoms with E-state index in [1.165, 1.54) is 0 Å². The summed E-state index contributed by atoms with van der Waals surface area (Å²) in [5.41, 5.74) is 4.09. The van der Waals surface area contributed by atoms with Crippen LogP contribution in [0.1, 0.15) is 28.7 Å². The molecule has 0 unspecified atom stereocenters. The van der Waals surface area contributed by atoms with Crippen LogP contribution in [-0.2, 0) is 13.1 Å². The van der Waals surface area contributed by atoms with Gasteiger partial charge in [0.15, 0.2) is 17.2 Å². The number of carbonyl (C=O) groups is 1. The maximum Gasteiger partial charge on any atom is 0.277 e. The lowest BCUT2D eigenvalue weighted by Gasteiger charge is -2.06. The molecule has 0 fully saturated rings. The number of fused-ring (bicyclic) bond motifs is 1. The fourth-order valence-electron chi connectivity index (χ4n) is 3.81. The second-order valence-electron chi connectivity index (χ2n) is 7.77. The van der Waals surface area contributed by atoms with Gasteiger partial charge < -0.3 is 5.32 Å². The summed E-state index contributed by atoms with van der Waals surface area (Å²) in [5, 5.41) is 17.3. The van der Waals surface area contributed by atoms with Crippen LogP contribution in [0.3, 0.4) is 0 Å². The van der Waals surface area contributed by atoms with Gasteiger partial charge in [0.05, 0.1) is 18.4 Å². The van der Waals surface area contributed by atoms with Crippen LogP contribution in [0.25, 0.3) is 16.9 Å². The maximum atomic E-state index is 13.0. The number of aryl methyl sites for hydroxylation is 1. The van der Waals surface area contributed by atoms with E-state index in [2.05, 4.69) is 25.6 Å². The number of aromatic nitrogens is 7. The number of hydrogen-bond acceptors (Lipinski definition) is 5. The minimum absolute atomic E-state index is 0.172. The summed E-state index contributed by atoms with van der Waals surface area (Å²) in [4.78, 5) is 17.3. The van der Waals surface area contributed by atoms with Crippen LogP contribution >= 0.6 is 34.8 Å². The van der Waals surface area contributed by atoms with E-state index in [1.807, 2.05) is 24.6 Å². The molecule has 35 heavy (non-hydrogen) atoms. The van der Waals surface area contributed by atoms with Gasteiger partial charge >= 0.3 is 0 Å². The quantitative estimate of drug-likeness (QED) is 0.319. The first-order valence-corrected chi connectivity index (χ1v) is 11.8. The largest absolute Gasteiger partial charge is 0.302 e. The van der Waals surface area contributed by atoms with Gasteiger partial charge in [-0.05, 0) is 32.0 Å². The summed E-state index contributed by atoms with van der Waals surface area (Å²) < 4.78 is 5.08. The Morgan fingerprint density at radius 2 is 1.86 bits per heavy atom. The molecule has 0 atom stereocenters. The molecule has 0 aliphatic carbocycles.